The minimum atomic E-state index is 0.236. The maximum absolute atomic E-state index is 12.8. The Kier molecular flexibility index (Phi) is 4.87. The molecule has 0 saturated carbocycles. The highest BCUT2D eigenvalue weighted by molar-refractivity contribution is 5.79. The third-order valence-corrected chi connectivity index (χ3v) is 5.68. The van der Waals surface area contributed by atoms with Crippen LogP contribution in [0.5, 0.6) is 0 Å². The lowest BCUT2D eigenvalue weighted by molar-refractivity contribution is -0.132. The van der Waals surface area contributed by atoms with Crippen LogP contribution >= 0.6 is 0 Å². The van der Waals surface area contributed by atoms with Gasteiger partial charge in [-0.1, -0.05) is 18.2 Å². The van der Waals surface area contributed by atoms with E-state index in [1.165, 1.54) is 24.0 Å². The highest BCUT2D eigenvalue weighted by Crippen LogP contribution is 2.25. The first-order valence-electron chi connectivity index (χ1n) is 9.63. The molecule has 1 aliphatic carbocycles. The average molecular weight is 350 g/mol. The van der Waals surface area contributed by atoms with Crippen LogP contribution in [-0.2, 0) is 30.5 Å². The van der Waals surface area contributed by atoms with E-state index in [0.29, 0.717) is 18.2 Å². The molecule has 26 heavy (non-hydrogen) atoms. The fraction of sp³-hybridized carbons (Fsp3) is 0.476. The summed E-state index contributed by atoms with van der Waals surface area (Å²) in [6.45, 7) is 1.65. The van der Waals surface area contributed by atoms with Gasteiger partial charge in [-0.25, -0.2) is 4.98 Å². The molecule has 1 saturated heterocycles. The molecule has 1 aromatic carbocycles. The van der Waals surface area contributed by atoms with Gasteiger partial charge in [0.2, 0.25) is 5.91 Å². The number of carbonyl (C=O) groups is 1. The summed E-state index contributed by atoms with van der Waals surface area (Å²) >= 11 is 0. The number of nitrogen functional groups attached to an aromatic ring is 1. The maximum atomic E-state index is 12.8. The van der Waals surface area contributed by atoms with Crippen LogP contribution in [0.4, 0.5) is 5.82 Å². The number of benzene rings is 1. The molecule has 2 aromatic rings. The van der Waals surface area contributed by atoms with Gasteiger partial charge < -0.3 is 10.6 Å². The van der Waals surface area contributed by atoms with E-state index in [-0.39, 0.29) is 5.91 Å². The summed E-state index contributed by atoms with van der Waals surface area (Å²) in [6.07, 6.45) is 10.3. The number of likely N-dealkylation sites (tertiary alicyclic amines) is 1. The SMILES string of the molecule is Nc1nccnc1CC1CCCN(C(=O)Cc2ccc3c(c2)CCC3)C1. The molecule has 0 radical (unpaired) electrons. The predicted octanol–water partition coefficient (Wildman–Crippen LogP) is 2.57. The van der Waals surface area contributed by atoms with Gasteiger partial charge in [-0.15, -0.1) is 0 Å². The minimum Gasteiger partial charge on any atom is -0.382 e. The first-order valence-corrected chi connectivity index (χ1v) is 9.63. The number of piperidine rings is 1. The van der Waals surface area contributed by atoms with Crippen molar-refractivity contribution in [3.05, 3.63) is 53.0 Å². The Morgan fingerprint density at radius 2 is 2.00 bits per heavy atom. The van der Waals surface area contributed by atoms with Crippen molar-refractivity contribution in [2.24, 2.45) is 5.92 Å². The summed E-state index contributed by atoms with van der Waals surface area (Å²) in [5.41, 5.74) is 10.8. The first kappa shape index (κ1) is 17.0. The molecule has 1 amide bonds. The van der Waals surface area contributed by atoms with Gasteiger partial charge in [-0.2, -0.15) is 0 Å². The van der Waals surface area contributed by atoms with Gasteiger partial charge >= 0.3 is 0 Å². The predicted molar refractivity (Wildman–Crippen MR) is 102 cm³/mol. The van der Waals surface area contributed by atoms with Crippen molar-refractivity contribution < 1.29 is 4.79 Å². The van der Waals surface area contributed by atoms with Gasteiger partial charge in [0.1, 0.15) is 5.82 Å². The number of amides is 1. The monoisotopic (exact) mass is 350 g/mol. The largest absolute Gasteiger partial charge is 0.382 e. The number of nitrogens with two attached hydrogens (primary N) is 1. The summed E-state index contributed by atoms with van der Waals surface area (Å²) in [5, 5.41) is 0. The van der Waals surface area contributed by atoms with Crippen molar-refractivity contribution in [2.75, 3.05) is 18.8 Å². The van der Waals surface area contributed by atoms with E-state index in [1.807, 2.05) is 4.90 Å². The van der Waals surface area contributed by atoms with Crippen LogP contribution in [0.15, 0.2) is 30.6 Å². The van der Waals surface area contributed by atoms with E-state index in [1.54, 1.807) is 12.4 Å². The first-order chi connectivity index (χ1) is 12.7. The van der Waals surface area contributed by atoms with Crippen LogP contribution < -0.4 is 5.73 Å². The zero-order valence-electron chi connectivity index (χ0n) is 15.2. The van der Waals surface area contributed by atoms with Crippen LogP contribution in [0, 0.1) is 5.92 Å². The Bertz CT molecular complexity index is 804. The van der Waals surface area contributed by atoms with E-state index < -0.39 is 0 Å². The fourth-order valence-electron chi connectivity index (χ4n) is 4.29. The number of hydrogen-bond acceptors (Lipinski definition) is 4. The molecule has 4 rings (SSSR count). The van der Waals surface area contributed by atoms with Crippen molar-refractivity contribution >= 4 is 11.7 Å². The zero-order valence-corrected chi connectivity index (χ0v) is 15.2. The van der Waals surface area contributed by atoms with E-state index in [9.17, 15) is 4.79 Å². The van der Waals surface area contributed by atoms with Gasteiger partial charge in [-0.3, -0.25) is 9.78 Å². The molecule has 2 N–H and O–H groups in total. The minimum absolute atomic E-state index is 0.236. The van der Waals surface area contributed by atoms with Gasteiger partial charge in [0.05, 0.1) is 12.1 Å². The Hall–Kier alpha value is -2.43. The Balaban J connectivity index is 1.38. The van der Waals surface area contributed by atoms with Gasteiger partial charge in [0.15, 0.2) is 0 Å². The molecule has 1 unspecified atom stereocenters. The molecule has 1 aromatic heterocycles. The molecule has 5 heteroatoms. The van der Waals surface area contributed by atoms with E-state index >= 15 is 0 Å². The molecule has 0 spiro atoms. The van der Waals surface area contributed by atoms with Gasteiger partial charge in [0.25, 0.3) is 0 Å². The lowest BCUT2D eigenvalue weighted by atomic mass is 9.92. The summed E-state index contributed by atoms with van der Waals surface area (Å²) in [4.78, 5) is 23.3. The number of fused-ring (bicyclic) bond motifs is 1. The van der Waals surface area contributed by atoms with E-state index in [0.717, 1.165) is 50.0 Å². The second-order valence-corrected chi connectivity index (χ2v) is 7.57. The van der Waals surface area contributed by atoms with E-state index in [4.69, 9.17) is 5.73 Å². The molecular weight excluding hydrogens is 324 g/mol. The number of rotatable bonds is 4. The quantitative estimate of drug-likeness (QED) is 0.920. The van der Waals surface area contributed by atoms with Crippen LogP contribution in [0.2, 0.25) is 0 Å². The third-order valence-electron chi connectivity index (χ3n) is 5.68. The average Bonchev–Trinajstić information content (AvgIpc) is 3.12. The fourth-order valence-corrected chi connectivity index (χ4v) is 4.29. The molecule has 1 atom stereocenters. The molecule has 1 fully saturated rings. The van der Waals surface area contributed by atoms with Crippen molar-refractivity contribution in [2.45, 2.75) is 44.9 Å². The molecule has 2 heterocycles. The molecule has 136 valence electrons. The lowest BCUT2D eigenvalue weighted by Gasteiger charge is -2.33. The number of hydrogen-bond donors (Lipinski definition) is 1. The van der Waals surface area contributed by atoms with Crippen LogP contribution in [0.25, 0.3) is 0 Å². The van der Waals surface area contributed by atoms with Crippen LogP contribution in [0.1, 0.15) is 41.6 Å². The number of carbonyl (C=O) groups excluding carboxylic acids is 1. The third kappa shape index (κ3) is 3.71. The van der Waals surface area contributed by atoms with Crippen LogP contribution in [0.3, 0.4) is 0 Å². The van der Waals surface area contributed by atoms with Gasteiger partial charge in [0, 0.05) is 25.5 Å². The Morgan fingerprint density at radius 1 is 1.15 bits per heavy atom. The normalized spacial score (nSPS) is 19.4. The molecule has 0 bridgehead atoms. The summed E-state index contributed by atoms with van der Waals surface area (Å²) in [7, 11) is 0. The molecule has 2 aliphatic rings. The number of aromatic nitrogens is 2. The highest BCUT2D eigenvalue weighted by atomic mass is 16.2. The van der Waals surface area contributed by atoms with Crippen molar-refractivity contribution in [1.29, 1.82) is 0 Å². The second-order valence-electron chi connectivity index (χ2n) is 7.57. The van der Waals surface area contributed by atoms with E-state index in [2.05, 4.69) is 28.2 Å². The molecule has 5 nitrogen and oxygen atoms in total. The second kappa shape index (κ2) is 7.44. The number of aryl methyl sites for hydroxylation is 2. The number of anilines is 1. The highest BCUT2D eigenvalue weighted by Gasteiger charge is 2.25. The van der Waals surface area contributed by atoms with Gasteiger partial charge in [-0.05, 0) is 61.1 Å². The molecule has 1 aliphatic heterocycles. The smallest absolute Gasteiger partial charge is 0.226 e. The van der Waals surface area contributed by atoms with Crippen molar-refractivity contribution in [3.63, 3.8) is 0 Å². The standard InChI is InChI=1S/C21H26N4O/c22-21-19(23-8-9-24-21)12-16-3-2-10-25(14-16)20(26)13-15-6-7-17-4-1-5-18(17)11-15/h6-9,11,16H,1-5,10,12-14H2,(H2,22,24). The summed E-state index contributed by atoms with van der Waals surface area (Å²) < 4.78 is 0. The topological polar surface area (TPSA) is 72.1 Å². The van der Waals surface area contributed by atoms with Crippen molar-refractivity contribution in [3.8, 4) is 0 Å². The summed E-state index contributed by atoms with van der Waals surface area (Å²) in [5.74, 6) is 1.15. The maximum Gasteiger partial charge on any atom is 0.226 e. The lowest BCUT2D eigenvalue weighted by Crippen LogP contribution is -2.41. The Morgan fingerprint density at radius 3 is 2.88 bits per heavy atom. The zero-order chi connectivity index (χ0) is 17.9. The van der Waals surface area contributed by atoms with Crippen LogP contribution in [-0.4, -0.2) is 33.9 Å². The van der Waals surface area contributed by atoms with Crippen molar-refractivity contribution in [1.82, 2.24) is 14.9 Å². The summed E-state index contributed by atoms with van der Waals surface area (Å²) in [6, 6.07) is 6.58. The Labute approximate surface area is 154 Å². The number of nitrogens with zero attached hydrogens (tertiary/aromatic N) is 3. The molecular formula is C21H26N4O.